The summed E-state index contributed by atoms with van der Waals surface area (Å²) in [4.78, 5) is 36.8. The molecule has 210 valence electrons. The summed E-state index contributed by atoms with van der Waals surface area (Å²) in [6.45, 7) is 1.01. The molecule has 1 aliphatic carbocycles. The summed E-state index contributed by atoms with van der Waals surface area (Å²) in [5.41, 5.74) is 4.28. The SMILES string of the molecule is CC(OCc1ccccc1)C(NC(=O)C(NC(=O)OCC1c2ccccc2-c2ccccc21)C(F)(F)F)C(=O)O. The topological polar surface area (TPSA) is 114 Å². The van der Waals surface area contributed by atoms with Crippen molar-refractivity contribution in [3.63, 3.8) is 0 Å². The average molecular weight is 557 g/mol. The highest BCUT2D eigenvalue weighted by Gasteiger charge is 2.48. The molecule has 11 heteroatoms. The Balaban J connectivity index is 1.40. The maximum absolute atomic E-state index is 13.8. The summed E-state index contributed by atoms with van der Waals surface area (Å²) in [5, 5.41) is 12.9. The lowest BCUT2D eigenvalue weighted by Crippen LogP contribution is -2.59. The molecule has 0 radical (unpaired) electrons. The molecule has 3 aromatic rings. The maximum Gasteiger partial charge on any atom is 0.417 e. The Bertz CT molecular complexity index is 1320. The second-order valence-electron chi connectivity index (χ2n) is 9.27. The van der Waals surface area contributed by atoms with Crippen molar-refractivity contribution < 1.29 is 42.1 Å². The molecule has 0 aromatic heterocycles. The molecular formula is C29H27F3N2O6. The van der Waals surface area contributed by atoms with Gasteiger partial charge in [-0.2, -0.15) is 13.2 Å². The number of carboxylic acid groups (broad SMARTS) is 1. The number of benzene rings is 3. The summed E-state index contributed by atoms with van der Waals surface area (Å²) in [6.07, 6.45) is -7.89. The number of fused-ring (bicyclic) bond motifs is 3. The zero-order chi connectivity index (χ0) is 28.9. The Morgan fingerprint density at radius 2 is 1.43 bits per heavy atom. The van der Waals surface area contributed by atoms with E-state index in [0.29, 0.717) is 5.56 Å². The van der Waals surface area contributed by atoms with Crippen molar-refractivity contribution in [1.29, 1.82) is 0 Å². The molecule has 0 saturated heterocycles. The van der Waals surface area contributed by atoms with Crippen molar-refractivity contribution >= 4 is 18.0 Å². The number of carbonyl (C=O) groups is 3. The van der Waals surface area contributed by atoms with E-state index in [4.69, 9.17) is 9.47 Å². The quantitative estimate of drug-likeness (QED) is 0.336. The Labute approximate surface area is 228 Å². The van der Waals surface area contributed by atoms with Crippen LogP contribution < -0.4 is 10.6 Å². The molecule has 2 amide bonds. The van der Waals surface area contributed by atoms with Crippen LogP contribution in [0, 0.1) is 0 Å². The van der Waals surface area contributed by atoms with Crippen LogP contribution in [0.15, 0.2) is 78.9 Å². The number of hydrogen-bond acceptors (Lipinski definition) is 5. The molecule has 4 rings (SSSR count). The summed E-state index contributed by atoms with van der Waals surface area (Å²) < 4.78 is 51.9. The Morgan fingerprint density at radius 1 is 0.875 bits per heavy atom. The predicted octanol–water partition coefficient (Wildman–Crippen LogP) is 4.63. The first kappa shape index (κ1) is 28.6. The zero-order valence-corrected chi connectivity index (χ0v) is 21.4. The average Bonchev–Trinajstić information content (AvgIpc) is 3.25. The van der Waals surface area contributed by atoms with Gasteiger partial charge in [0.25, 0.3) is 5.91 Å². The third-order valence-electron chi connectivity index (χ3n) is 6.58. The van der Waals surface area contributed by atoms with Crippen molar-refractivity contribution in [3.8, 4) is 11.1 Å². The number of carbonyl (C=O) groups excluding carboxylic acids is 2. The highest BCUT2D eigenvalue weighted by atomic mass is 19.4. The van der Waals surface area contributed by atoms with E-state index in [1.54, 1.807) is 30.3 Å². The Morgan fingerprint density at radius 3 is 1.98 bits per heavy atom. The number of ether oxygens (including phenoxy) is 2. The van der Waals surface area contributed by atoms with Crippen LogP contribution in [0.2, 0.25) is 0 Å². The van der Waals surface area contributed by atoms with Crippen molar-refractivity contribution in [3.05, 3.63) is 95.6 Å². The lowest BCUT2D eigenvalue weighted by atomic mass is 9.98. The molecule has 3 aromatic carbocycles. The van der Waals surface area contributed by atoms with Gasteiger partial charge in [0.05, 0.1) is 12.7 Å². The third-order valence-corrected chi connectivity index (χ3v) is 6.58. The number of alkyl halides is 3. The number of rotatable bonds is 10. The standard InChI is InChI=1S/C29H27F3N2O6/c1-17(39-15-18-9-3-2-4-10-18)24(27(36)37)33-26(35)25(29(30,31)32)34-28(38)40-16-23-21-13-7-5-11-19(21)20-12-6-8-14-22(20)23/h2-14,17,23-25H,15-16H2,1H3,(H,33,35)(H,34,38)(H,36,37). The van der Waals surface area contributed by atoms with Crippen molar-refractivity contribution in [2.24, 2.45) is 0 Å². The molecule has 3 unspecified atom stereocenters. The van der Waals surface area contributed by atoms with Crippen LogP contribution in [-0.2, 0) is 25.7 Å². The van der Waals surface area contributed by atoms with Crippen LogP contribution in [0.1, 0.15) is 29.5 Å². The van der Waals surface area contributed by atoms with Crippen LogP contribution in [0.3, 0.4) is 0 Å². The van der Waals surface area contributed by atoms with Crippen molar-refractivity contribution in [2.45, 2.75) is 43.8 Å². The molecule has 0 aliphatic heterocycles. The monoisotopic (exact) mass is 556 g/mol. The lowest BCUT2D eigenvalue weighted by Gasteiger charge is -2.26. The van der Waals surface area contributed by atoms with E-state index in [1.165, 1.54) is 12.2 Å². The highest BCUT2D eigenvalue weighted by molar-refractivity contribution is 5.90. The van der Waals surface area contributed by atoms with E-state index in [1.807, 2.05) is 53.8 Å². The van der Waals surface area contributed by atoms with Crippen LogP contribution in [-0.4, -0.2) is 54.0 Å². The zero-order valence-electron chi connectivity index (χ0n) is 21.4. The maximum atomic E-state index is 13.8. The van der Waals surface area contributed by atoms with E-state index < -0.39 is 48.3 Å². The first-order chi connectivity index (χ1) is 19.1. The van der Waals surface area contributed by atoms with Gasteiger partial charge in [-0.05, 0) is 34.7 Å². The van der Waals surface area contributed by atoms with Gasteiger partial charge in [0.15, 0.2) is 6.04 Å². The third kappa shape index (κ3) is 6.60. The number of alkyl carbamates (subject to hydrolysis) is 1. The first-order valence-electron chi connectivity index (χ1n) is 12.4. The largest absolute Gasteiger partial charge is 0.480 e. The number of hydrogen-bond donors (Lipinski definition) is 3. The van der Waals surface area contributed by atoms with Gasteiger partial charge in [-0.3, -0.25) is 4.79 Å². The van der Waals surface area contributed by atoms with E-state index in [2.05, 4.69) is 0 Å². The normalized spacial score (nSPS) is 14.8. The highest BCUT2D eigenvalue weighted by Crippen LogP contribution is 2.44. The van der Waals surface area contributed by atoms with Gasteiger partial charge in [-0.25, -0.2) is 9.59 Å². The van der Waals surface area contributed by atoms with Gasteiger partial charge in [0.1, 0.15) is 6.61 Å². The molecule has 0 fully saturated rings. The summed E-state index contributed by atoms with van der Waals surface area (Å²) in [7, 11) is 0. The van der Waals surface area contributed by atoms with Crippen LogP contribution in [0.25, 0.3) is 11.1 Å². The second-order valence-corrected chi connectivity index (χ2v) is 9.27. The van der Waals surface area contributed by atoms with Gasteiger partial charge in [0, 0.05) is 5.92 Å². The number of aliphatic carboxylic acids is 1. The number of amides is 2. The van der Waals surface area contributed by atoms with Crippen molar-refractivity contribution in [2.75, 3.05) is 6.61 Å². The smallest absolute Gasteiger partial charge is 0.417 e. The molecular weight excluding hydrogens is 529 g/mol. The second kappa shape index (κ2) is 12.2. The number of carboxylic acids is 1. The fraction of sp³-hybridized carbons (Fsp3) is 0.276. The minimum Gasteiger partial charge on any atom is -0.480 e. The fourth-order valence-corrected chi connectivity index (χ4v) is 4.57. The molecule has 0 spiro atoms. The first-order valence-corrected chi connectivity index (χ1v) is 12.4. The van der Waals surface area contributed by atoms with Crippen molar-refractivity contribution in [1.82, 2.24) is 10.6 Å². The van der Waals surface area contributed by atoms with E-state index in [-0.39, 0.29) is 13.2 Å². The van der Waals surface area contributed by atoms with Crippen LogP contribution in [0.5, 0.6) is 0 Å². The molecule has 0 bridgehead atoms. The molecule has 40 heavy (non-hydrogen) atoms. The number of nitrogens with one attached hydrogen (secondary N) is 2. The Hall–Kier alpha value is -4.38. The van der Waals surface area contributed by atoms with Gasteiger partial charge < -0.3 is 25.2 Å². The molecule has 1 aliphatic rings. The molecule has 0 heterocycles. The molecule has 3 atom stereocenters. The molecule has 3 N–H and O–H groups in total. The summed E-state index contributed by atoms with van der Waals surface area (Å²) in [5.74, 6) is -3.77. The minimum absolute atomic E-state index is 0.0254. The van der Waals surface area contributed by atoms with Gasteiger partial charge in [0.2, 0.25) is 6.04 Å². The number of halogens is 3. The van der Waals surface area contributed by atoms with E-state index in [9.17, 15) is 32.7 Å². The predicted molar refractivity (Wildman–Crippen MR) is 138 cm³/mol. The molecule has 8 nitrogen and oxygen atoms in total. The van der Waals surface area contributed by atoms with Crippen LogP contribution >= 0.6 is 0 Å². The molecule has 0 saturated carbocycles. The van der Waals surface area contributed by atoms with Gasteiger partial charge in [-0.1, -0.05) is 78.9 Å². The fourth-order valence-electron chi connectivity index (χ4n) is 4.57. The summed E-state index contributed by atoms with van der Waals surface area (Å²) >= 11 is 0. The van der Waals surface area contributed by atoms with Crippen LogP contribution in [0.4, 0.5) is 18.0 Å². The lowest BCUT2D eigenvalue weighted by molar-refractivity contribution is -0.170. The minimum atomic E-state index is -5.23. The van der Waals surface area contributed by atoms with E-state index >= 15 is 0 Å². The van der Waals surface area contributed by atoms with Gasteiger partial charge >= 0.3 is 18.2 Å². The Kier molecular flexibility index (Phi) is 8.73. The summed E-state index contributed by atoms with van der Waals surface area (Å²) in [6, 6.07) is 18.7. The van der Waals surface area contributed by atoms with E-state index in [0.717, 1.165) is 22.3 Å². The van der Waals surface area contributed by atoms with Gasteiger partial charge in [-0.15, -0.1) is 0 Å².